The Kier molecular flexibility index (Phi) is 6.28. The molecule has 0 aromatic carbocycles. The summed E-state index contributed by atoms with van der Waals surface area (Å²) < 4.78 is 4.92. The van der Waals surface area contributed by atoms with E-state index in [1.54, 1.807) is 6.92 Å². The Morgan fingerprint density at radius 1 is 1.43 bits per heavy atom. The number of rotatable bonds is 6. The maximum atomic E-state index is 11.0. The first-order valence-corrected chi connectivity index (χ1v) is 5.03. The molecule has 0 saturated carbocycles. The minimum atomic E-state index is -0.416. The summed E-state index contributed by atoms with van der Waals surface area (Å²) in [6.07, 6.45) is 0.396. The van der Waals surface area contributed by atoms with Crippen molar-refractivity contribution in [2.24, 2.45) is 5.92 Å². The van der Waals surface area contributed by atoms with Crippen LogP contribution in [-0.2, 0) is 14.3 Å². The molecule has 1 atom stereocenters. The van der Waals surface area contributed by atoms with Gasteiger partial charge in [0.2, 0.25) is 0 Å². The van der Waals surface area contributed by atoms with Crippen LogP contribution < -0.4 is 0 Å². The average molecular weight is 216 g/mol. The molecule has 4 heteroatoms. The molecule has 14 heavy (non-hydrogen) atoms. The van der Waals surface area contributed by atoms with Crippen molar-refractivity contribution in [1.29, 1.82) is 0 Å². The Labute approximate surface area is 89.9 Å². The fourth-order valence-corrected chi connectivity index (χ4v) is 1.13. The van der Waals surface area contributed by atoms with Gasteiger partial charge in [0.05, 0.1) is 6.61 Å². The zero-order valence-electron chi connectivity index (χ0n) is 8.58. The van der Waals surface area contributed by atoms with Crippen LogP contribution in [0.25, 0.3) is 0 Å². The van der Waals surface area contributed by atoms with Crippen LogP contribution >= 0.6 is 12.6 Å². The van der Waals surface area contributed by atoms with E-state index in [9.17, 15) is 9.59 Å². The molecular weight excluding hydrogens is 200 g/mol. The van der Waals surface area contributed by atoms with E-state index < -0.39 is 5.97 Å². The van der Waals surface area contributed by atoms with Gasteiger partial charge in [0.15, 0.2) is 0 Å². The van der Waals surface area contributed by atoms with Gasteiger partial charge in [-0.1, -0.05) is 6.58 Å². The minimum absolute atomic E-state index is 0.000802. The Balaban J connectivity index is 3.89. The number of carbonyl (C=O) groups is 2. The van der Waals surface area contributed by atoms with E-state index in [0.29, 0.717) is 17.7 Å². The van der Waals surface area contributed by atoms with Gasteiger partial charge in [0.1, 0.15) is 5.78 Å². The maximum Gasteiger partial charge on any atom is 0.333 e. The normalized spacial score (nSPS) is 11.9. The summed E-state index contributed by atoms with van der Waals surface area (Å²) in [4.78, 5) is 21.8. The van der Waals surface area contributed by atoms with Gasteiger partial charge in [-0.2, -0.15) is 12.6 Å². The lowest BCUT2D eigenvalue weighted by atomic mass is 10.1. The predicted octanol–water partition coefficient (Wildman–Crippen LogP) is 1.63. The summed E-state index contributed by atoms with van der Waals surface area (Å²) in [5.74, 6) is 0.193. The lowest BCUT2D eigenvalue weighted by Crippen LogP contribution is -2.18. The third-order valence-corrected chi connectivity index (χ3v) is 2.15. The molecule has 0 saturated heterocycles. The molecule has 0 aromatic rings. The Hall–Kier alpha value is -0.770. The number of hydrogen-bond donors (Lipinski definition) is 1. The lowest BCUT2D eigenvalue weighted by molar-refractivity contribution is -0.140. The zero-order valence-corrected chi connectivity index (χ0v) is 9.47. The first-order valence-electron chi connectivity index (χ1n) is 4.40. The van der Waals surface area contributed by atoms with Crippen molar-refractivity contribution in [2.45, 2.75) is 20.3 Å². The minimum Gasteiger partial charge on any atom is -0.462 e. The van der Waals surface area contributed by atoms with Crippen molar-refractivity contribution >= 4 is 24.4 Å². The van der Waals surface area contributed by atoms with E-state index >= 15 is 0 Å². The van der Waals surface area contributed by atoms with Crippen molar-refractivity contribution in [2.75, 3.05) is 12.4 Å². The predicted molar refractivity (Wildman–Crippen MR) is 58.4 cm³/mol. The maximum absolute atomic E-state index is 11.0. The number of ketones is 1. The second-order valence-corrected chi connectivity index (χ2v) is 3.70. The number of esters is 1. The molecule has 0 aliphatic heterocycles. The van der Waals surface area contributed by atoms with Gasteiger partial charge in [-0.3, -0.25) is 0 Å². The van der Waals surface area contributed by atoms with Crippen molar-refractivity contribution in [3.05, 3.63) is 12.2 Å². The van der Waals surface area contributed by atoms with Crippen LogP contribution in [0, 0.1) is 5.92 Å². The number of carbonyl (C=O) groups excluding carboxylic acids is 2. The molecular formula is C10H16O3S. The first kappa shape index (κ1) is 13.2. The second kappa shape index (κ2) is 6.65. The number of Topliss-reactive ketones (excluding diaryl/α,β-unsaturated/α-hetero) is 1. The van der Waals surface area contributed by atoms with Gasteiger partial charge < -0.3 is 9.53 Å². The molecule has 0 radical (unpaired) electrons. The summed E-state index contributed by atoms with van der Waals surface area (Å²) in [5, 5.41) is 0. The van der Waals surface area contributed by atoms with Gasteiger partial charge in [-0.05, 0) is 19.6 Å². The fourth-order valence-electron chi connectivity index (χ4n) is 0.899. The van der Waals surface area contributed by atoms with Gasteiger partial charge in [-0.25, -0.2) is 4.79 Å². The third-order valence-electron chi connectivity index (χ3n) is 1.63. The van der Waals surface area contributed by atoms with Crippen molar-refractivity contribution < 1.29 is 14.3 Å². The lowest BCUT2D eigenvalue weighted by Gasteiger charge is -2.12. The highest BCUT2D eigenvalue weighted by Crippen LogP contribution is 2.07. The molecule has 0 heterocycles. The quantitative estimate of drug-likeness (QED) is 0.417. The average Bonchev–Trinajstić information content (AvgIpc) is 2.10. The van der Waals surface area contributed by atoms with Crippen LogP contribution in [0.3, 0.4) is 0 Å². The highest BCUT2D eigenvalue weighted by molar-refractivity contribution is 7.80. The molecule has 0 rings (SSSR count). The Morgan fingerprint density at radius 2 is 2.00 bits per heavy atom. The van der Waals surface area contributed by atoms with Crippen LogP contribution in [0.5, 0.6) is 0 Å². The van der Waals surface area contributed by atoms with Crippen LogP contribution in [0.4, 0.5) is 0 Å². The fraction of sp³-hybridized carbons (Fsp3) is 0.600. The van der Waals surface area contributed by atoms with E-state index in [4.69, 9.17) is 4.74 Å². The van der Waals surface area contributed by atoms with Crippen LogP contribution in [-0.4, -0.2) is 24.1 Å². The Bertz CT molecular complexity index is 236. The molecule has 0 amide bonds. The van der Waals surface area contributed by atoms with Crippen LogP contribution in [0.2, 0.25) is 0 Å². The topological polar surface area (TPSA) is 43.4 Å². The van der Waals surface area contributed by atoms with E-state index in [1.165, 1.54) is 6.92 Å². The molecule has 0 fully saturated rings. The molecule has 1 unspecified atom stereocenters. The van der Waals surface area contributed by atoms with Gasteiger partial charge in [0, 0.05) is 17.9 Å². The van der Waals surface area contributed by atoms with Crippen LogP contribution in [0.1, 0.15) is 20.3 Å². The monoisotopic (exact) mass is 216 g/mol. The largest absolute Gasteiger partial charge is 0.462 e. The van der Waals surface area contributed by atoms with Crippen molar-refractivity contribution in [3.63, 3.8) is 0 Å². The molecule has 0 spiro atoms. The summed E-state index contributed by atoms with van der Waals surface area (Å²) in [5.41, 5.74) is 0.366. The van der Waals surface area contributed by atoms with E-state index in [0.717, 1.165) is 0 Å². The van der Waals surface area contributed by atoms with Crippen molar-refractivity contribution in [3.8, 4) is 0 Å². The summed E-state index contributed by atoms with van der Waals surface area (Å²) in [6, 6.07) is 0. The van der Waals surface area contributed by atoms with Gasteiger partial charge >= 0.3 is 5.97 Å². The van der Waals surface area contributed by atoms with Gasteiger partial charge in [-0.15, -0.1) is 0 Å². The Morgan fingerprint density at radius 3 is 2.36 bits per heavy atom. The van der Waals surface area contributed by atoms with Gasteiger partial charge in [0.25, 0.3) is 0 Å². The highest BCUT2D eigenvalue weighted by Gasteiger charge is 2.12. The molecule has 0 bridgehead atoms. The van der Waals surface area contributed by atoms with E-state index in [2.05, 4.69) is 19.2 Å². The highest BCUT2D eigenvalue weighted by atomic mass is 32.1. The number of hydrogen-bond acceptors (Lipinski definition) is 4. The van der Waals surface area contributed by atoms with Crippen LogP contribution in [0.15, 0.2) is 12.2 Å². The van der Waals surface area contributed by atoms with Crippen molar-refractivity contribution in [1.82, 2.24) is 0 Å². The molecule has 3 nitrogen and oxygen atoms in total. The molecule has 0 aliphatic carbocycles. The summed E-state index contributed by atoms with van der Waals surface area (Å²) >= 11 is 4.08. The molecule has 0 N–H and O–H groups in total. The molecule has 0 aliphatic rings. The number of thiol groups is 1. The molecule has 80 valence electrons. The third kappa shape index (κ3) is 5.80. The van der Waals surface area contributed by atoms with E-state index in [1.807, 2.05) is 0 Å². The second-order valence-electron chi connectivity index (χ2n) is 3.33. The standard InChI is InChI=1S/C10H16O3S/c1-7(2)10(12)13-5-9(6-14)4-8(3)11/h9,14H,1,4-6H2,2-3H3. The molecule has 0 aromatic heterocycles. The first-order chi connectivity index (χ1) is 6.47. The smallest absolute Gasteiger partial charge is 0.333 e. The summed E-state index contributed by atoms with van der Waals surface area (Å²) in [6.45, 7) is 6.79. The zero-order chi connectivity index (χ0) is 11.1. The number of ether oxygens (including phenoxy) is 1. The summed E-state index contributed by atoms with van der Waals surface area (Å²) in [7, 11) is 0. The SMILES string of the molecule is C=C(C)C(=O)OCC(CS)CC(C)=O. The van der Waals surface area contributed by atoms with E-state index in [-0.39, 0.29) is 18.3 Å².